The van der Waals surface area contributed by atoms with Crippen molar-refractivity contribution in [2.24, 2.45) is 11.7 Å². The van der Waals surface area contributed by atoms with E-state index < -0.39 is 5.97 Å². The summed E-state index contributed by atoms with van der Waals surface area (Å²) >= 11 is 0. The van der Waals surface area contributed by atoms with E-state index in [2.05, 4.69) is 0 Å². The van der Waals surface area contributed by atoms with Crippen LogP contribution in [0.4, 0.5) is 0 Å². The van der Waals surface area contributed by atoms with Gasteiger partial charge in [0.25, 0.3) is 0 Å². The Hall–Kier alpha value is -0.540. The maximum atomic E-state index is 10.5. The molecule has 3 nitrogen and oxygen atoms in total. The number of nitrogens with two attached hydrogens (primary N) is 1. The molecule has 0 saturated carbocycles. The Morgan fingerprint density at radius 3 is 2.36 bits per heavy atom. The Balaban J connectivity index is 0.000001000. The Morgan fingerprint density at radius 1 is 1.45 bits per heavy atom. The average molecular weight is 178 g/mol. The van der Waals surface area contributed by atoms with E-state index in [1.165, 1.54) is 0 Å². The first-order valence-electron chi connectivity index (χ1n) is 3.35. The normalized spacial score (nSPS) is 29.2. The SMILES string of the molecule is Cl.N[C@@H]1CC=CC[C@@H]1C(=O)O. The lowest BCUT2D eigenvalue weighted by molar-refractivity contribution is -0.142. The summed E-state index contributed by atoms with van der Waals surface area (Å²) in [4.78, 5) is 10.5. The largest absolute Gasteiger partial charge is 0.481 e. The van der Waals surface area contributed by atoms with Crippen molar-refractivity contribution < 1.29 is 9.90 Å². The first-order chi connectivity index (χ1) is 4.72. The summed E-state index contributed by atoms with van der Waals surface area (Å²) in [5.74, 6) is -1.15. The molecule has 0 aromatic heterocycles. The van der Waals surface area contributed by atoms with Gasteiger partial charge in [0.1, 0.15) is 0 Å². The molecule has 4 heteroatoms. The second-order valence-electron chi connectivity index (χ2n) is 2.55. The highest BCUT2D eigenvalue weighted by molar-refractivity contribution is 5.85. The van der Waals surface area contributed by atoms with Crippen molar-refractivity contribution in [2.75, 3.05) is 0 Å². The van der Waals surface area contributed by atoms with Crippen LogP contribution in [0.25, 0.3) is 0 Å². The van der Waals surface area contributed by atoms with Gasteiger partial charge in [0.05, 0.1) is 5.92 Å². The van der Waals surface area contributed by atoms with E-state index in [4.69, 9.17) is 10.8 Å². The van der Waals surface area contributed by atoms with E-state index in [9.17, 15) is 4.79 Å². The molecule has 0 aliphatic heterocycles. The predicted molar refractivity (Wildman–Crippen MR) is 44.7 cm³/mol. The zero-order chi connectivity index (χ0) is 7.56. The topological polar surface area (TPSA) is 63.3 Å². The first kappa shape index (κ1) is 10.5. The summed E-state index contributed by atoms with van der Waals surface area (Å²) in [5.41, 5.74) is 5.55. The minimum atomic E-state index is -0.781. The Labute approximate surface area is 71.7 Å². The molecule has 0 heterocycles. The minimum Gasteiger partial charge on any atom is -0.481 e. The maximum Gasteiger partial charge on any atom is 0.308 e. The van der Waals surface area contributed by atoms with E-state index in [0.717, 1.165) is 0 Å². The van der Waals surface area contributed by atoms with Crippen LogP contribution in [-0.4, -0.2) is 17.1 Å². The van der Waals surface area contributed by atoms with Crippen LogP contribution in [0.15, 0.2) is 12.2 Å². The predicted octanol–water partition coefficient (Wildman–Crippen LogP) is 0.786. The average Bonchev–Trinajstić information content (AvgIpc) is 1.88. The molecule has 0 radical (unpaired) electrons. The molecular weight excluding hydrogens is 166 g/mol. The molecule has 0 fully saturated rings. The van der Waals surface area contributed by atoms with Gasteiger partial charge in [-0.3, -0.25) is 4.79 Å². The highest BCUT2D eigenvalue weighted by Gasteiger charge is 2.24. The molecule has 0 spiro atoms. The van der Waals surface area contributed by atoms with Crippen LogP contribution >= 0.6 is 12.4 Å². The monoisotopic (exact) mass is 177 g/mol. The van der Waals surface area contributed by atoms with Crippen LogP contribution in [0.5, 0.6) is 0 Å². The molecule has 0 bridgehead atoms. The minimum absolute atomic E-state index is 0. The Bertz CT molecular complexity index is 170. The smallest absolute Gasteiger partial charge is 0.308 e. The molecule has 0 aromatic carbocycles. The van der Waals surface area contributed by atoms with Crippen LogP contribution in [-0.2, 0) is 4.79 Å². The van der Waals surface area contributed by atoms with Gasteiger partial charge in [0.2, 0.25) is 0 Å². The zero-order valence-corrected chi connectivity index (χ0v) is 6.88. The van der Waals surface area contributed by atoms with Crippen molar-refractivity contribution in [3.8, 4) is 0 Å². The molecule has 11 heavy (non-hydrogen) atoms. The standard InChI is InChI=1S/C7H11NO2.ClH/c8-6-4-2-1-3-5(6)7(9)10;/h1-2,5-6H,3-4,8H2,(H,9,10);1H/t5-,6+;/m0./s1. The number of halogens is 1. The number of allylic oxidation sites excluding steroid dienone is 1. The van der Waals surface area contributed by atoms with Gasteiger partial charge in [-0.05, 0) is 12.8 Å². The third-order valence-corrected chi connectivity index (χ3v) is 1.80. The fourth-order valence-electron chi connectivity index (χ4n) is 1.12. The number of hydrogen-bond donors (Lipinski definition) is 2. The van der Waals surface area contributed by atoms with E-state index >= 15 is 0 Å². The molecule has 0 unspecified atom stereocenters. The van der Waals surface area contributed by atoms with E-state index in [0.29, 0.717) is 12.8 Å². The van der Waals surface area contributed by atoms with Crippen LogP contribution in [0, 0.1) is 5.92 Å². The highest BCUT2D eigenvalue weighted by Crippen LogP contribution is 2.16. The first-order valence-corrected chi connectivity index (χ1v) is 3.35. The number of rotatable bonds is 1. The second kappa shape index (κ2) is 4.36. The van der Waals surface area contributed by atoms with Crippen molar-refractivity contribution in [3.63, 3.8) is 0 Å². The van der Waals surface area contributed by atoms with E-state index in [1.54, 1.807) is 0 Å². The van der Waals surface area contributed by atoms with E-state index in [-0.39, 0.29) is 24.4 Å². The summed E-state index contributed by atoms with van der Waals surface area (Å²) < 4.78 is 0. The summed E-state index contributed by atoms with van der Waals surface area (Å²) in [6.07, 6.45) is 5.08. The molecule has 1 aliphatic rings. The lowest BCUT2D eigenvalue weighted by Gasteiger charge is -2.20. The van der Waals surface area contributed by atoms with Gasteiger partial charge >= 0.3 is 5.97 Å². The van der Waals surface area contributed by atoms with Gasteiger partial charge in [-0.25, -0.2) is 0 Å². The van der Waals surface area contributed by atoms with Crippen molar-refractivity contribution in [1.82, 2.24) is 0 Å². The van der Waals surface area contributed by atoms with Crippen molar-refractivity contribution in [1.29, 1.82) is 0 Å². The van der Waals surface area contributed by atoms with Gasteiger partial charge < -0.3 is 10.8 Å². The second-order valence-corrected chi connectivity index (χ2v) is 2.55. The molecule has 1 rings (SSSR count). The van der Waals surface area contributed by atoms with E-state index in [1.807, 2.05) is 12.2 Å². The van der Waals surface area contributed by atoms with Gasteiger partial charge in [-0.1, -0.05) is 12.2 Å². The molecule has 2 atom stereocenters. The fourth-order valence-corrected chi connectivity index (χ4v) is 1.12. The molecule has 0 amide bonds. The molecule has 0 aromatic rings. The third-order valence-electron chi connectivity index (χ3n) is 1.80. The van der Waals surface area contributed by atoms with Crippen LogP contribution in [0.3, 0.4) is 0 Å². The number of carboxylic acid groups (broad SMARTS) is 1. The van der Waals surface area contributed by atoms with Crippen molar-refractivity contribution in [2.45, 2.75) is 18.9 Å². The third kappa shape index (κ3) is 2.52. The van der Waals surface area contributed by atoms with Crippen LogP contribution in [0.1, 0.15) is 12.8 Å². The Kier molecular flexibility index (Phi) is 4.15. The lowest BCUT2D eigenvalue weighted by atomic mass is 9.90. The van der Waals surface area contributed by atoms with Gasteiger partial charge in [0.15, 0.2) is 0 Å². The van der Waals surface area contributed by atoms with Crippen molar-refractivity contribution in [3.05, 3.63) is 12.2 Å². The number of carbonyl (C=O) groups is 1. The molecular formula is C7H12ClNO2. The maximum absolute atomic E-state index is 10.5. The quantitative estimate of drug-likeness (QED) is 0.582. The van der Waals surface area contributed by atoms with Gasteiger partial charge in [-0.15, -0.1) is 12.4 Å². The summed E-state index contributed by atoms with van der Waals surface area (Å²) in [7, 11) is 0. The molecule has 3 N–H and O–H groups in total. The molecule has 0 saturated heterocycles. The fraction of sp³-hybridized carbons (Fsp3) is 0.571. The van der Waals surface area contributed by atoms with Crippen LogP contribution < -0.4 is 5.73 Å². The summed E-state index contributed by atoms with van der Waals surface area (Å²) in [6.45, 7) is 0. The molecule has 1 aliphatic carbocycles. The van der Waals surface area contributed by atoms with Gasteiger partial charge in [0, 0.05) is 6.04 Å². The lowest BCUT2D eigenvalue weighted by Crippen LogP contribution is -2.36. The van der Waals surface area contributed by atoms with Gasteiger partial charge in [-0.2, -0.15) is 0 Å². The zero-order valence-electron chi connectivity index (χ0n) is 6.06. The Morgan fingerprint density at radius 2 is 2.00 bits per heavy atom. The van der Waals surface area contributed by atoms with Crippen LogP contribution in [0.2, 0.25) is 0 Å². The number of hydrogen-bond acceptors (Lipinski definition) is 2. The van der Waals surface area contributed by atoms with Crippen molar-refractivity contribution >= 4 is 18.4 Å². The summed E-state index contributed by atoms with van der Waals surface area (Å²) in [6, 6.07) is -0.192. The number of carboxylic acids is 1. The molecule has 64 valence electrons. The summed E-state index contributed by atoms with van der Waals surface area (Å²) in [5, 5.41) is 8.59. The number of aliphatic carboxylic acids is 1. The highest BCUT2D eigenvalue weighted by atomic mass is 35.5.